The van der Waals surface area contributed by atoms with Gasteiger partial charge in [0.1, 0.15) is 11.0 Å². The molecule has 0 aliphatic carbocycles. The summed E-state index contributed by atoms with van der Waals surface area (Å²) in [7, 11) is 0. The van der Waals surface area contributed by atoms with Crippen molar-refractivity contribution in [3.8, 4) is 0 Å². The van der Waals surface area contributed by atoms with Crippen molar-refractivity contribution in [3.05, 3.63) is 38.9 Å². The van der Waals surface area contributed by atoms with Crippen molar-refractivity contribution in [2.24, 2.45) is 0 Å². The topological polar surface area (TPSA) is 37.8 Å². The minimum Gasteiger partial charge on any atom is -0.365 e. The van der Waals surface area contributed by atoms with E-state index in [0.29, 0.717) is 6.54 Å². The summed E-state index contributed by atoms with van der Waals surface area (Å²) in [5.41, 5.74) is 0. The van der Waals surface area contributed by atoms with Gasteiger partial charge in [0.2, 0.25) is 5.82 Å². The Morgan fingerprint density at radius 2 is 1.95 bits per heavy atom. The Morgan fingerprint density at radius 3 is 2.55 bits per heavy atom. The highest BCUT2D eigenvalue weighted by Gasteiger charge is 2.35. The van der Waals surface area contributed by atoms with Crippen molar-refractivity contribution in [1.29, 1.82) is 0 Å². The maximum absolute atomic E-state index is 12.6. The van der Waals surface area contributed by atoms with Gasteiger partial charge < -0.3 is 5.32 Å². The number of aromatic nitrogens is 2. The molecule has 1 N–H and O–H groups in total. The first-order valence-corrected chi connectivity index (χ1v) is 7.01. The summed E-state index contributed by atoms with van der Waals surface area (Å²) < 4.78 is 37.7. The molecule has 20 heavy (non-hydrogen) atoms. The third kappa shape index (κ3) is 3.83. The Bertz CT molecular complexity index is 598. The molecule has 0 radical (unpaired) electrons. The molecule has 0 aliphatic rings. The molecule has 2 aromatic rings. The molecule has 108 valence electrons. The first-order chi connectivity index (χ1) is 9.38. The van der Waals surface area contributed by atoms with Crippen LogP contribution in [0.4, 0.5) is 19.0 Å². The number of aryl methyl sites for hydroxylation is 1. The van der Waals surface area contributed by atoms with Gasteiger partial charge in [0.25, 0.3) is 0 Å². The summed E-state index contributed by atoms with van der Waals surface area (Å²) in [4.78, 5) is 8.83. The summed E-state index contributed by atoms with van der Waals surface area (Å²) in [5.74, 6) is -1.18. The minimum atomic E-state index is -4.61. The van der Waals surface area contributed by atoms with Gasteiger partial charge in [-0.2, -0.15) is 13.2 Å². The number of rotatable bonds is 4. The smallest absolute Gasteiger partial charge is 0.365 e. The lowest BCUT2D eigenvalue weighted by atomic mass is 10.3. The van der Waals surface area contributed by atoms with Gasteiger partial charge in [-0.3, -0.25) is 0 Å². The van der Waals surface area contributed by atoms with E-state index in [0.717, 1.165) is 11.3 Å². The lowest BCUT2D eigenvalue weighted by molar-refractivity contribution is -0.144. The molecule has 8 heteroatoms. The molecule has 0 bridgehead atoms. The summed E-state index contributed by atoms with van der Waals surface area (Å²) in [6.07, 6.45) is -3.68. The second kappa shape index (κ2) is 5.97. The summed E-state index contributed by atoms with van der Waals surface area (Å²) in [5, 5.41) is 2.59. The Labute approximate surface area is 122 Å². The lowest BCUT2D eigenvalue weighted by Crippen LogP contribution is -2.13. The fourth-order valence-electron chi connectivity index (χ4n) is 1.52. The van der Waals surface area contributed by atoms with Crippen molar-refractivity contribution < 1.29 is 13.2 Å². The number of anilines is 1. The Balaban J connectivity index is 2.11. The third-order valence-corrected chi connectivity index (χ3v) is 3.88. The van der Waals surface area contributed by atoms with E-state index in [9.17, 15) is 13.2 Å². The van der Waals surface area contributed by atoms with E-state index in [1.807, 2.05) is 19.1 Å². The van der Waals surface area contributed by atoms with Crippen molar-refractivity contribution >= 4 is 28.8 Å². The number of thiophene rings is 1. The van der Waals surface area contributed by atoms with Gasteiger partial charge in [0.05, 0.1) is 6.54 Å². The van der Waals surface area contributed by atoms with Crippen molar-refractivity contribution in [1.82, 2.24) is 9.97 Å². The second-order valence-corrected chi connectivity index (χ2v) is 5.61. The van der Waals surface area contributed by atoms with E-state index in [1.54, 1.807) is 11.3 Å². The monoisotopic (exact) mass is 321 g/mol. The molecule has 0 atom stereocenters. The van der Waals surface area contributed by atoms with Crippen molar-refractivity contribution in [2.45, 2.75) is 26.1 Å². The molecule has 0 unspecified atom stereocenters. The molecular weight excluding hydrogens is 311 g/mol. The summed E-state index contributed by atoms with van der Waals surface area (Å²) in [6.45, 7) is 2.44. The highest BCUT2D eigenvalue weighted by atomic mass is 35.5. The zero-order valence-corrected chi connectivity index (χ0v) is 12.0. The van der Waals surface area contributed by atoms with E-state index in [1.165, 1.54) is 10.9 Å². The predicted octanol–water partition coefficient (Wildman–Crippen LogP) is 4.38. The van der Waals surface area contributed by atoms with Crippen LogP contribution in [-0.4, -0.2) is 9.97 Å². The average molecular weight is 322 g/mol. The Hall–Kier alpha value is -1.34. The zero-order valence-electron chi connectivity index (χ0n) is 10.5. The number of hydrogen-bond donors (Lipinski definition) is 1. The number of hydrogen-bond acceptors (Lipinski definition) is 4. The van der Waals surface area contributed by atoms with E-state index in [4.69, 9.17) is 11.6 Å². The standard InChI is InChI=1S/C12H11ClF3N3S/c1-2-7-3-4-8(20-7)6-17-10-5-9(13)18-11(19-10)12(14,15)16/h3-5H,2,6H2,1H3,(H,17,18,19). The van der Waals surface area contributed by atoms with Crippen LogP contribution in [0.3, 0.4) is 0 Å². The van der Waals surface area contributed by atoms with Gasteiger partial charge in [0, 0.05) is 15.8 Å². The van der Waals surface area contributed by atoms with Gasteiger partial charge in [-0.05, 0) is 18.6 Å². The molecule has 2 aromatic heterocycles. The lowest BCUT2D eigenvalue weighted by Gasteiger charge is -2.09. The first kappa shape index (κ1) is 15.1. The van der Waals surface area contributed by atoms with Gasteiger partial charge in [-0.15, -0.1) is 11.3 Å². The quantitative estimate of drug-likeness (QED) is 0.849. The molecule has 3 nitrogen and oxygen atoms in total. The SMILES string of the molecule is CCc1ccc(CNc2cc(Cl)nc(C(F)(F)F)n2)s1. The van der Waals surface area contributed by atoms with Crippen LogP contribution >= 0.6 is 22.9 Å². The largest absolute Gasteiger partial charge is 0.451 e. The number of alkyl halides is 3. The number of nitrogens with zero attached hydrogens (tertiary/aromatic N) is 2. The summed E-state index contributed by atoms with van der Waals surface area (Å²) >= 11 is 7.18. The maximum Gasteiger partial charge on any atom is 0.451 e. The van der Waals surface area contributed by atoms with Gasteiger partial charge in [0.15, 0.2) is 0 Å². The van der Waals surface area contributed by atoms with Crippen molar-refractivity contribution in [2.75, 3.05) is 5.32 Å². The Morgan fingerprint density at radius 1 is 1.25 bits per heavy atom. The van der Waals surface area contributed by atoms with Crippen LogP contribution in [0.2, 0.25) is 5.15 Å². The molecule has 0 spiro atoms. The van der Waals surface area contributed by atoms with Gasteiger partial charge >= 0.3 is 6.18 Å². The van der Waals surface area contributed by atoms with Crippen LogP contribution in [0.1, 0.15) is 22.5 Å². The van der Waals surface area contributed by atoms with E-state index in [2.05, 4.69) is 15.3 Å². The molecule has 0 saturated heterocycles. The van der Waals surface area contributed by atoms with Crippen LogP contribution in [0.25, 0.3) is 0 Å². The van der Waals surface area contributed by atoms with Crippen LogP contribution < -0.4 is 5.32 Å². The molecule has 0 aliphatic heterocycles. The second-order valence-electron chi connectivity index (χ2n) is 3.97. The van der Waals surface area contributed by atoms with Crippen LogP contribution in [0, 0.1) is 0 Å². The Kier molecular flexibility index (Phi) is 4.49. The highest BCUT2D eigenvalue weighted by Crippen LogP contribution is 2.28. The number of halogens is 4. The predicted molar refractivity (Wildman–Crippen MR) is 73.1 cm³/mol. The summed E-state index contributed by atoms with van der Waals surface area (Å²) in [6, 6.07) is 5.20. The highest BCUT2D eigenvalue weighted by molar-refractivity contribution is 7.12. The molecule has 0 aromatic carbocycles. The van der Waals surface area contributed by atoms with E-state index in [-0.39, 0.29) is 11.0 Å². The van der Waals surface area contributed by atoms with Gasteiger partial charge in [-0.1, -0.05) is 18.5 Å². The zero-order chi connectivity index (χ0) is 14.8. The fourth-order valence-corrected chi connectivity index (χ4v) is 2.60. The fraction of sp³-hybridized carbons (Fsp3) is 0.333. The maximum atomic E-state index is 12.6. The molecule has 0 saturated carbocycles. The normalized spacial score (nSPS) is 11.7. The first-order valence-electron chi connectivity index (χ1n) is 5.81. The van der Waals surface area contributed by atoms with Crippen LogP contribution in [-0.2, 0) is 19.1 Å². The number of nitrogens with one attached hydrogen (secondary N) is 1. The molecule has 0 fully saturated rings. The minimum absolute atomic E-state index is 0.0590. The van der Waals surface area contributed by atoms with Crippen LogP contribution in [0.15, 0.2) is 18.2 Å². The van der Waals surface area contributed by atoms with E-state index >= 15 is 0 Å². The third-order valence-electron chi connectivity index (χ3n) is 2.46. The van der Waals surface area contributed by atoms with Gasteiger partial charge in [-0.25, -0.2) is 9.97 Å². The van der Waals surface area contributed by atoms with E-state index < -0.39 is 12.0 Å². The molecule has 0 amide bonds. The molecular formula is C12H11ClF3N3S. The molecule has 2 heterocycles. The average Bonchev–Trinajstić information content (AvgIpc) is 2.82. The molecule has 2 rings (SSSR count). The van der Waals surface area contributed by atoms with Crippen molar-refractivity contribution in [3.63, 3.8) is 0 Å². The van der Waals surface area contributed by atoms with Crippen LogP contribution in [0.5, 0.6) is 0 Å².